The largest absolute Gasteiger partial charge is 1.00 e. The first kappa shape index (κ1) is 16.9. The molecule has 0 saturated carbocycles. The van der Waals surface area contributed by atoms with Gasteiger partial charge in [-0.25, -0.2) is 5.26 Å². The molecule has 1 unspecified atom stereocenters. The van der Waals surface area contributed by atoms with Gasteiger partial charge in [0.05, 0.1) is 0 Å². The third-order valence-electron chi connectivity index (χ3n) is 0.185. The van der Waals surface area contributed by atoms with Crippen LogP contribution in [0.4, 0.5) is 4.53 Å². The maximum absolute atomic E-state index is 10.4. The van der Waals surface area contributed by atoms with Gasteiger partial charge in [0.2, 0.25) is 0 Å². The van der Waals surface area contributed by atoms with E-state index in [-0.39, 0.29) is 48.1 Å². The first-order chi connectivity index (χ1) is 3.12. The molecule has 0 saturated heterocycles. The summed E-state index contributed by atoms with van der Waals surface area (Å²) in [6.45, 7) is 0. The molecule has 0 spiro atoms. The Morgan fingerprint density at radius 1 is 1.67 bits per heavy atom. The van der Waals surface area contributed by atoms with Crippen LogP contribution in [0.1, 0.15) is 0 Å². The van der Waals surface area contributed by atoms with Gasteiger partial charge in [0.25, 0.3) is 0 Å². The van der Waals surface area contributed by atoms with E-state index in [1.165, 1.54) is 0 Å². The van der Waals surface area contributed by atoms with Crippen LogP contribution in [0.5, 0.6) is 0 Å². The summed E-state index contributed by atoms with van der Waals surface area (Å²) in [5, 5.41) is 7.15. The van der Waals surface area contributed by atoms with Gasteiger partial charge in [-0.2, -0.15) is 4.67 Å². The third kappa shape index (κ3) is 9.58. The van der Waals surface area contributed by atoms with Crippen LogP contribution in [0.15, 0.2) is 0 Å². The molecule has 0 heterocycles. The van der Waals surface area contributed by atoms with E-state index in [1.54, 1.807) is 0 Å². The summed E-state index contributed by atoms with van der Waals surface area (Å²) < 4.78 is 24.3. The van der Waals surface area contributed by atoms with Crippen LogP contribution in [0.3, 0.4) is 0 Å². The van der Waals surface area contributed by atoms with E-state index in [0.717, 1.165) is 0 Å². The summed E-state index contributed by atoms with van der Waals surface area (Å²) in [4.78, 5) is 9.33. The molecule has 0 aromatic heterocycles. The Morgan fingerprint density at radius 3 is 2.00 bits per heavy atom. The topological polar surface area (TPSA) is 78.8 Å². The van der Waals surface area contributed by atoms with Gasteiger partial charge in [0, 0.05) is 18.6 Å². The second-order valence-corrected chi connectivity index (χ2v) is 1.79. The average Bonchev–Trinajstić information content (AvgIpc) is 1.68. The van der Waals surface area contributed by atoms with Crippen LogP contribution < -0.4 is 34.5 Å². The molecule has 0 aromatic carbocycles. The smallest absolute Gasteiger partial charge is 0.753 e. The van der Waals surface area contributed by atoms with Crippen LogP contribution >= 0.6 is 7.82 Å². The van der Waals surface area contributed by atoms with Crippen molar-refractivity contribution >= 4 is 7.82 Å². The Labute approximate surface area is 84.2 Å². The zero-order valence-corrected chi connectivity index (χ0v) is 8.64. The van der Waals surface area contributed by atoms with Crippen molar-refractivity contribution in [3.8, 4) is 0 Å². The van der Waals surface area contributed by atoms with E-state index in [1.807, 2.05) is 0 Å². The van der Waals surface area contributed by atoms with Crippen LogP contribution in [0.2, 0.25) is 0 Å². The zero-order valence-electron chi connectivity index (χ0n) is 4.35. The second-order valence-electron chi connectivity index (χ2n) is 0.598. The van der Waals surface area contributed by atoms with Gasteiger partial charge in [-0.1, -0.05) is 0 Å². The van der Waals surface area contributed by atoms with Crippen LogP contribution in [0.25, 0.3) is 0 Å². The summed E-state index contributed by atoms with van der Waals surface area (Å²) >= 11 is 0. The van der Waals surface area contributed by atoms with Crippen molar-refractivity contribution in [2.24, 2.45) is 0 Å². The SMILES string of the molecule is O=P([O-])(OO)OF.[Na+].[V]. The normalized spacial score (nSPS) is 14.6. The third-order valence-corrected chi connectivity index (χ3v) is 0.554. The molecular formula is HFNaO5PV. The quantitative estimate of drug-likeness (QED) is 0.223. The van der Waals surface area contributed by atoms with Crippen LogP contribution in [-0.4, -0.2) is 5.26 Å². The fourth-order valence-electron chi connectivity index (χ4n) is 0.0126. The van der Waals surface area contributed by atoms with Crippen molar-refractivity contribution in [1.29, 1.82) is 0 Å². The molecular weight excluding hydrogens is 204 g/mol. The van der Waals surface area contributed by atoms with E-state index < -0.39 is 7.82 Å². The van der Waals surface area contributed by atoms with E-state index >= 15 is 0 Å². The summed E-state index contributed by atoms with van der Waals surface area (Å²) in [6.07, 6.45) is 0. The molecule has 0 bridgehead atoms. The number of rotatable bonds is 2. The maximum Gasteiger partial charge on any atom is 1.00 e. The molecule has 0 aliphatic carbocycles. The number of halogens is 1. The fourth-order valence-corrected chi connectivity index (χ4v) is 0.0378. The predicted molar refractivity (Wildman–Crippen MR) is 13.5 cm³/mol. The molecule has 9 heteroatoms. The molecule has 5 nitrogen and oxygen atoms in total. The standard InChI is InChI=1S/FH2O5P.Na.V/c1-5-7(3,4)6-2;;/h2H,(H,3,4);;/q;+1;/p-1. The molecule has 0 rings (SSSR count). The Balaban J connectivity index is -0.000000180. The Hall–Kier alpha value is 1.58. The number of hydrogen-bond acceptors (Lipinski definition) is 5. The predicted octanol–water partition coefficient (Wildman–Crippen LogP) is -3.15. The van der Waals surface area contributed by atoms with E-state index in [4.69, 9.17) is 5.26 Å². The molecule has 0 fully saturated rings. The Bertz CT molecular complexity index is 89.0. The van der Waals surface area contributed by atoms with Crippen LogP contribution in [0, 0.1) is 0 Å². The second kappa shape index (κ2) is 7.69. The van der Waals surface area contributed by atoms with Crippen molar-refractivity contribution in [1.82, 2.24) is 0 Å². The monoisotopic (exact) mass is 205 g/mol. The Kier molecular flexibility index (Phi) is 14.4. The molecule has 1 atom stereocenters. The minimum absolute atomic E-state index is 0. The van der Waals surface area contributed by atoms with E-state index in [2.05, 4.69) is 9.40 Å². The minimum Gasteiger partial charge on any atom is -0.753 e. The van der Waals surface area contributed by atoms with Gasteiger partial charge in [-0.3, -0.25) is 4.57 Å². The first-order valence-electron chi connectivity index (χ1n) is 1.07. The van der Waals surface area contributed by atoms with Gasteiger partial charge >= 0.3 is 37.4 Å². The van der Waals surface area contributed by atoms with E-state index in [9.17, 15) is 14.0 Å². The zero-order chi connectivity index (χ0) is 5.91. The maximum atomic E-state index is 10.4. The molecule has 49 valence electrons. The van der Waals surface area contributed by atoms with Gasteiger partial charge in [0.1, 0.15) is 0 Å². The number of hydrogen-bond donors (Lipinski definition) is 1. The first-order valence-corrected chi connectivity index (χ1v) is 2.53. The fraction of sp³-hybridized carbons (Fsp3) is 0. The Morgan fingerprint density at radius 2 is 2.00 bits per heavy atom. The summed E-state index contributed by atoms with van der Waals surface area (Å²) in [7, 11) is -5.02. The average molecular weight is 205 g/mol. The molecule has 0 aromatic rings. The van der Waals surface area contributed by atoms with Crippen molar-refractivity contribution in [3.63, 3.8) is 0 Å². The molecule has 0 aliphatic rings. The van der Waals surface area contributed by atoms with Gasteiger partial charge in [-0.05, 0) is 4.53 Å². The van der Waals surface area contributed by atoms with Crippen molar-refractivity contribution in [2.45, 2.75) is 0 Å². The van der Waals surface area contributed by atoms with Gasteiger partial charge in [0.15, 0.2) is 0 Å². The number of phosphoric acid groups is 1. The van der Waals surface area contributed by atoms with Crippen molar-refractivity contribution in [2.75, 3.05) is 0 Å². The molecule has 1 N–H and O–H groups in total. The molecule has 0 aliphatic heterocycles. The minimum atomic E-state index is -5.02. The molecule has 0 amide bonds. The summed E-state index contributed by atoms with van der Waals surface area (Å²) in [5.41, 5.74) is 0. The van der Waals surface area contributed by atoms with Gasteiger partial charge in [-0.15, -0.1) is 4.73 Å². The van der Waals surface area contributed by atoms with Crippen LogP contribution in [-0.2, 0) is 32.5 Å². The summed E-state index contributed by atoms with van der Waals surface area (Å²) in [6, 6.07) is 0. The van der Waals surface area contributed by atoms with Gasteiger partial charge < -0.3 is 4.89 Å². The van der Waals surface area contributed by atoms with Crippen molar-refractivity contribution in [3.05, 3.63) is 0 Å². The summed E-state index contributed by atoms with van der Waals surface area (Å²) in [5.74, 6) is 0. The van der Waals surface area contributed by atoms with Crippen molar-refractivity contribution < 1.29 is 76.8 Å². The molecule has 1 radical (unpaired) electrons. The molecule has 9 heavy (non-hydrogen) atoms. The van der Waals surface area contributed by atoms with E-state index in [0.29, 0.717) is 0 Å².